The molecule has 0 heterocycles. The Bertz CT molecular complexity index is 3470. The van der Waals surface area contributed by atoms with Crippen LogP contribution in [0.15, 0.2) is 255 Å². The average Bonchev–Trinajstić information content (AvgIpc) is 3.41. The van der Waals surface area contributed by atoms with E-state index in [2.05, 4.69) is 278 Å². The zero-order valence-electron chi connectivity index (χ0n) is 38.1. The molecule has 0 aliphatic rings. The minimum absolute atomic E-state index is 1.11. The molecule has 2 heteroatoms. The van der Waals surface area contributed by atoms with E-state index in [-0.39, 0.29) is 0 Å². The highest BCUT2D eigenvalue weighted by Gasteiger charge is 2.25. The van der Waals surface area contributed by atoms with Gasteiger partial charge in [0.1, 0.15) is 0 Å². The van der Waals surface area contributed by atoms with Crippen molar-refractivity contribution in [3.05, 3.63) is 266 Å². The first-order valence-corrected chi connectivity index (χ1v) is 23.5. The molecule has 0 spiro atoms. The zero-order valence-corrected chi connectivity index (χ0v) is 38.1. The summed E-state index contributed by atoms with van der Waals surface area (Å²) in [7, 11) is 0. The van der Waals surface area contributed by atoms with Gasteiger partial charge < -0.3 is 9.80 Å². The molecule has 0 atom stereocenters. The number of nitrogens with zero attached hydrogens (tertiary/aromatic N) is 2. The second-order valence-electron chi connectivity index (χ2n) is 17.7. The molecule has 0 aromatic heterocycles. The Kier molecular flexibility index (Phi) is 10.3. The number of hydrogen-bond acceptors (Lipinski definition) is 2. The summed E-state index contributed by atoms with van der Waals surface area (Å²) in [6, 6.07) is 93.0. The Labute approximate surface area is 398 Å². The lowest BCUT2D eigenvalue weighted by molar-refractivity contribution is 1.26. The van der Waals surface area contributed by atoms with Gasteiger partial charge in [0.05, 0.1) is 22.7 Å². The highest BCUT2D eigenvalue weighted by molar-refractivity contribution is 6.28. The third-order valence-electron chi connectivity index (χ3n) is 13.8. The number of hydrogen-bond donors (Lipinski definition) is 0. The summed E-state index contributed by atoms with van der Waals surface area (Å²) in [6.45, 7) is 4.56. The predicted molar refractivity (Wildman–Crippen MR) is 291 cm³/mol. The molecule has 322 valence electrons. The van der Waals surface area contributed by atoms with Gasteiger partial charge in [-0.2, -0.15) is 0 Å². The van der Waals surface area contributed by atoms with E-state index in [1.165, 1.54) is 88.0 Å². The molecule has 2 nitrogen and oxygen atoms in total. The molecule has 12 rings (SSSR count). The van der Waals surface area contributed by atoms with Crippen molar-refractivity contribution in [3.63, 3.8) is 0 Å². The van der Waals surface area contributed by atoms with Gasteiger partial charge in [0.25, 0.3) is 0 Å². The van der Waals surface area contributed by atoms with E-state index in [0.717, 1.165) is 34.1 Å². The highest BCUT2D eigenvalue weighted by atomic mass is 15.2. The van der Waals surface area contributed by atoms with Crippen LogP contribution in [0.1, 0.15) is 11.1 Å². The van der Waals surface area contributed by atoms with E-state index in [1.54, 1.807) is 0 Å². The lowest BCUT2D eigenvalue weighted by Gasteiger charge is -2.32. The normalized spacial score (nSPS) is 11.4. The van der Waals surface area contributed by atoms with Crippen molar-refractivity contribution in [3.8, 4) is 44.5 Å². The van der Waals surface area contributed by atoms with Crippen LogP contribution in [0.3, 0.4) is 0 Å². The average molecular weight is 869 g/mol. The van der Waals surface area contributed by atoms with Crippen molar-refractivity contribution in [2.24, 2.45) is 0 Å². The van der Waals surface area contributed by atoms with Crippen LogP contribution in [-0.4, -0.2) is 0 Å². The van der Waals surface area contributed by atoms with Crippen LogP contribution < -0.4 is 9.80 Å². The van der Waals surface area contributed by atoms with Gasteiger partial charge in [-0.25, -0.2) is 0 Å². The summed E-state index contributed by atoms with van der Waals surface area (Å²) < 4.78 is 0. The molecule has 0 fully saturated rings. The van der Waals surface area contributed by atoms with Crippen LogP contribution in [0.2, 0.25) is 0 Å². The van der Waals surface area contributed by atoms with E-state index in [9.17, 15) is 0 Å². The molecule has 0 N–H and O–H groups in total. The van der Waals surface area contributed by atoms with Gasteiger partial charge in [0.2, 0.25) is 0 Å². The van der Waals surface area contributed by atoms with Crippen LogP contribution >= 0.6 is 0 Å². The fourth-order valence-corrected chi connectivity index (χ4v) is 10.4. The lowest BCUT2D eigenvalue weighted by Crippen LogP contribution is -2.13. The number of rotatable bonds is 10. The number of anilines is 6. The van der Waals surface area contributed by atoms with Gasteiger partial charge in [-0.05, 0) is 152 Å². The summed E-state index contributed by atoms with van der Waals surface area (Å²) >= 11 is 0. The monoisotopic (exact) mass is 868 g/mol. The van der Waals surface area contributed by atoms with Gasteiger partial charge in [-0.1, -0.05) is 194 Å². The molecule has 0 radical (unpaired) electrons. The van der Waals surface area contributed by atoms with Crippen molar-refractivity contribution in [2.75, 3.05) is 9.80 Å². The topological polar surface area (TPSA) is 6.48 Å². The molecular formula is C66H48N2. The number of benzene rings is 12. The summed E-state index contributed by atoms with van der Waals surface area (Å²) in [5.41, 5.74) is 18.8. The summed E-state index contributed by atoms with van der Waals surface area (Å²) in [6.07, 6.45) is 0. The van der Waals surface area contributed by atoms with E-state index in [0.29, 0.717) is 0 Å². The maximum Gasteiger partial charge on any atom is 0.0540 e. The highest BCUT2D eigenvalue weighted by Crippen LogP contribution is 2.50. The van der Waals surface area contributed by atoms with Gasteiger partial charge in [0.15, 0.2) is 0 Å². The molecule has 68 heavy (non-hydrogen) atoms. The van der Waals surface area contributed by atoms with Crippen LogP contribution in [0.4, 0.5) is 34.1 Å². The maximum atomic E-state index is 2.49. The third-order valence-corrected chi connectivity index (χ3v) is 13.8. The van der Waals surface area contributed by atoms with Gasteiger partial charge in [-0.3, -0.25) is 0 Å². The Morgan fingerprint density at radius 1 is 0.250 bits per heavy atom. The van der Waals surface area contributed by atoms with Gasteiger partial charge in [-0.15, -0.1) is 0 Å². The molecule has 0 aliphatic heterocycles. The summed E-state index contributed by atoms with van der Waals surface area (Å²) in [5, 5.41) is 7.35. The van der Waals surface area contributed by atoms with E-state index in [1.807, 2.05) is 0 Å². The Hall–Kier alpha value is -8.72. The Balaban J connectivity index is 1.12. The summed E-state index contributed by atoms with van der Waals surface area (Å²) in [4.78, 5) is 4.97. The molecule has 12 aromatic rings. The third kappa shape index (κ3) is 7.15. The van der Waals surface area contributed by atoms with Crippen molar-refractivity contribution >= 4 is 66.4 Å². The first-order chi connectivity index (χ1) is 33.6. The fourth-order valence-electron chi connectivity index (χ4n) is 10.4. The second kappa shape index (κ2) is 17.3. The van der Waals surface area contributed by atoms with Crippen LogP contribution in [0, 0.1) is 13.8 Å². The predicted octanol–water partition coefficient (Wildman–Crippen LogP) is 18.8. The fraction of sp³-hybridized carbons (Fsp3) is 0.0303. The zero-order chi connectivity index (χ0) is 45.6. The first-order valence-electron chi connectivity index (χ1n) is 23.5. The Morgan fingerprint density at radius 2 is 0.559 bits per heavy atom. The lowest BCUT2D eigenvalue weighted by atomic mass is 9.90. The molecule has 0 bridgehead atoms. The van der Waals surface area contributed by atoms with Crippen LogP contribution in [-0.2, 0) is 0 Å². The molecule has 0 saturated carbocycles. The molecule has 0 saturated heterocycles. The molecule has 0 unspecified atom stereocenters. The van der Waals surface area contributed by atoms with Crippen molar-refractivity contribution in [2.45, 2.75) is 13.8 Å². The molecule has 0 aliphatic carbocycles. The largest absolute Gasteiger partial charge is 0.310 e. The smallest absolute Gasteiger partial charge is 0.0540 e. The van der Waals surface area contributed by atoms with Gasteiger partial charge in [0, 0.05) is 22.1 Å². The van der Waals surface area contributed by atoms with Gasteiger partial charge >= 0.3 is 0 Å². The molecule has 0 amide bonds. The van der Waals surface area contributed by atoms with Crippen molar-refractivity contribution in [1.29, 1.82) is 0 Å². The molecular weight excluding hydrogens is 821 g/mol. The SMILES string of the molecule is Cc1c(-c2ccccc2)cc(-c2ccccc2)cc1N(c1ccccc1)c1ccc2ccc3ccc(N(c4ccccc4)c4cc(-c5ccccc5)cc(-c5ccccc5)c4C)c4ccc1c2c34. The Morgan fingerprint density at radius 3 is 0.912 bits per heavy atom. The minimum Gasteiger partial charge on any atom is -0.310 e. The van der Waals surface area contributed by atoms with Crippen LogP contribution in [0.25, 0.3) is 76.8 Å². The van der Waals surface area contributed by atoms with Crippen molar-refractivity contribution in [1.82, 2.24) is 0 Å². The maximum absolute atomic E-state index is 2.49. The first kappa shape index (κ1) is 40.8. The van der Waals surface area contributed by atoms with E-state index < -0.39 is 0 Å². The van der Waals surface area contributed by atoms with Crippen molar-refractivity contribution < 1.29 is 0 Å². The van der Waals surface area contributed by atoms with E-state index >= 15 is 0 Å². The second-order valence-corrected chi connectivity index (χ2v) is 17.7. The standard InChI is InChI=1S/C66H48N2/c1-45-59(49-25-13-5-14-26-49)41-53(47-21-9-3-10-22-47)43-63(45)67(55-29-17-7-18-30-55)61-39-35-51-33-34-52-36-40-62(58-38-37-57(61)65(51)66(52)58)68(56-31-19-8-20-32-56)64-44-54(48-23-11-4-12-24-48)42-60(46(64)2)50-27-15-6-16-28-50/h3-44H,1-2H3. The number of para-hydroxylation sites is 2. The molecule has 12 aromatic carbocycles. The van der Waals surface area contributed by atoms with E-state index in [4.69, 9.17) is 0 Å². The quantitative estimate of drug-likeness (QED) is 0.126. The summed E-state index contributed by atoms with van der Waals surface area (Å²) in [5.74, 6) is 0. The minimum atomic E-state index is 1.11. The van der Waals surface area contributed by atoms with Crippen LogP contribution in [0.5, 0.6) is 0 Å².